The molecule has 0 bridgehead atoms. The number of hydrogen-bond acceptors (Lipinski definition) is 4. The zero-order chi connectivity index (χ0) is 32.6. The summed E-state index contributed by atoms with van der Waals surface area (Å²) in [6.45, 7) is 6.53. The van der Waals surface area contributed by atoms with E-state index in [0.29, 0.717) is 54.5 Å². The lowest BCUT2D eigenvalue weighted by atomic mass is 9.98. The van der Waals surface area contributed by atoms with Crippen LogP contribution in [0.4, 0.5) is 0 Å². The largest absolute Gasteiger partial charge is 0.388 e. The van der Waals surface area contributed by atoms with Crippen molar-refractivity contribution >= 4 is 28.7 Å². The second-order valence-electron chi connectivity index (χ2n) is 12.0. The molecule has 0 saturated carbocycles. The van der Waals surface area contributed by atoms with Gasteiger partial charge in [0.05, 0.1) is 22.9 Å². The number of amides is 2. The number of hydrogen-bond donors (Lipinski definition) is 3. The van der Waals surface area contributed by atoms with Crippen molar-refractivity contribution in [3.05, 3.63) is 125 Å². The van der Waals surface area contributed by atoms with Crippen LogP contribution in [-0.2, 0) is 11.2 Å². The van der Waals surface area contributed by atoms with Crippen LogP contribution in [0.15, 0.2) is 108 Å². The van der Waals surface area contributed by atoms with Gasteiger partial charge in [0.15, 0.2) is 0 Å². The van der Waals surface area contributed by atoms with E-state index in [0.717, 1.165) is 22.2 Å². The van der Waals surface area contributed by atoms with E-state index in [1.807, 2.05) is 71.3 Å². The summed E-state index contributed by atoms with van der Waals surface area (Å²) in [5.74, 6) is 0.836. The number of imidazole rings is 1. The van der Waals surface area contributed by atoms with Gasteiger partial charge in [-0.1, -0.05) is 98.8 Å². The van der Waals surface area contributed by atoms with Gasteiger partial charge in [0.1, 0.15) is 11.9 Å². The van der Waals surface area contributed by atoms with E-state index in [1.165, 1.54) is 5.56 Å². The number of primary amides is 1. The number of fused-ring (bicyclic) bond motifs is 1. The molecule has 0 aliphatic heterocycles. The van der Waals surface area contributed by atoms with E-state index in [-0.39, 0.29) is 11.9 Å². The first kappa shape index (κ1) is 32.2. The van der Waals surface area contributed by atoms with Crippen LogP contribution >= 0.6 is 0 Å². The molecule has 4 aromatic carbocycles. The Morgan fingerprint density at radius 3 is 2.17 bits per heavy atom. The number of benzene rings is 4. The molecule has 2 atom stereocenters. The predicted octanol–water partition coefficient (Wildman–Crippen LogP) is 6.72. The molecular weight excluding hydrogens is 572 g/mol. The molecule has 0 saturated heterocycles. The number of carbonyl (C=O) groups is 2. The maximum Gasteiger partial charge on any atom is 0.251 e. The molecule has 5 rings (SSSR count). The first-order valence-corrected chi connectivity index (χ1v) is 15.8. The fourth-order valence-electron chi connectivity index (χ4n) is 5.74. The van der Waals surface area contributed by atoms with Gasteiger partial charge in [-0.3, -0.25) is 14.6 Å². The first-order chi connectivity index (χ1) is 22.2. The first-order valence-electron chi connectivity index (χ1n) is 15.8. The van der Waals surface area contributed by atoms with Crippen molar-refractivity contribution in [2.75, 3.05) is 6.54 Å². The lowest BCUT2D eigenvalue weighted by molar-refractivity contribution is -0.121. The van der Waals surface area contributed by atoms with Gasteiger partial charge in [-0.25, -0.2) is 4.98 Å². The molecule has 1 heterocycles. The van der Waals surface area contributed by atoms with Crippen molar-refractivity contribution < 1.29 is 9.59 Å². The zero-order valence-corrected chi connectivity index (χ0v) is 26.7. The molecule has 5 N–H and O–H groups in total. The van der Waals surface area contributed by atoms with Gasteiger partial charge in [0.25, 0.3) is 5.91 Å². The summed E-state index contributed by atoms with van der Waals surface area (Å²) < 4.78 is 1.91. The molecule has 0 spiro atoms. The molecule has 8 heteroatoms. The maximum absolute atomic E-state index is 13.8. The van der Waals surface area contributed by atoms with Gasteiger partial charge in [0.2, 0.25) is 5.91 Å². The fraction of sp³-hybridized carbons (Fsp3) is 0.263. The van der Waals surface area contributed by atoms with Crippen LogP contribution < -0.4 is 16.8 Å². The molecule has 236 valence electrons. The standard InChI is InChI=1S/C38H42N6O2/c1-25(2)28-16-18-30(19-17-28)37-42-33-24-31(20-21-34(33)44(37)35(36(40)45)15-10-22-41-26(3)39)38(46)43-32(29-13-8-5-9-14-29)23-27-11-6-4-7-12-27/h4-9,11-14,16-21,24-25,32,35H,10,15,22-23H2,1-3H3,(H2,39,41)(H2,40,45)(H,43,46). The molecule has 46 heavy (non-hydrogen) atoms. The zero-order valence-electron chi connectivity index (χ0n) is 26.7. The minimum atomic E-state index is -0.661. The Bertz CT molecular complexity index is 1810. The van der Waals surface area contributed by atoms with E-state index in [9.17, 15) is 9.59 Å². The number of carbonyl (C=O) groups excluding carboxylic acids is 2. The smallest absolute Gasteiger partial charge is 0.251 e. The van der Waals surface area contributed by atoms with Crippen molar-refractivity contribution in [1.82, 2.24) is 14.9 Å². The fourth-order valence-corrected chi connectivity index (χ4v) is 5.74. The number of rotatable bonds is 13. The van der Waals surface area contributed by atoms with Crippen molar-refractivity contribution in [2.24, 2.45) is 16.5 Å². The summed E-state index contributed by atoms with van der Waals surface area (Å²) in [7, 11) is 0. The number of nitrogens with zero attached hydrogens (tertiary/aromatic N) is 3. The third-order valence-electron chi connectivity index (χ3n) is 8.21. The van der Waals surface area contributed by atoms with E-state index in [2.05, 4.69) is 48.4 Å². The highest BCUT2D eigenvalue weighted by molar-refractivity contribution is 5.98. The van der Waals surface area contributed by atoms with Crippen LogP contribution in [0.1, 0.15) is 78.7 Å². The lowest BCUT2D eigenvalue weighted by Crippen LogP contribution is -2.30. The van der Waals surface area contributed by atoms with Crippen LogP contribution in [0.3, 0.4) is 0 Å². The van der Waals surface area contributed by atoms with Gasteiger partial charge in [-0.15, -0.1) is 0 Å². The third-order valence-corrected chi connectivity index (χ3v) is 8.21. The lowest BCUT2D eigenvalue weighted by Gasteiger charge is -2.20. The van der Waals surface area contributed by atoms with E-state index in [1.54, 1.807) is 19.1 Å². The van der Waals surface area contributed by atoms with Crippen LogP contribution in [-0.4, -0.2) is 33.7 Å². The van der Waals surface area contributed by atoms with Crippen molar-refractivity contribution in [2.45, 2.75) is 58.0 Å². The Hall–Kier alpha value is -5.24. The molecule has 2 amide bonds. The Kier molecular flexibility index (Phi) is 10.3. The highest BCUT2D eigenvalue weighted by atomic mass is 16.2. The average Bonchev–Trinajstić information content (AvgIpc) is 3.43. The molecule has 8 nitrogen and oxygen atoms in total. The highest BCUT2D eigenvalue weighted by Gasteiger charge is 2.25. The van der Waals surface area contributed by atoms with Crippen LogP contribution in [0.2, 0.25) is 0 Å². The van der Waals surface area contributed by atoms with E-state index in [4.69, 9.17) is 16.5 Å². The highest BCUT2D eigenvalue weighted by Crippen LogP contribution is 2.32. The van der Waals surface area contributed by atoms with Gasteiger partial charge in [-0.2, -0.15) is 0 Å². The number of aliphatic imine (C=N–C) groups is 1. The quantitative estimate of drug-likeness (QED) is 0.0772. The summed E-state index contributed by atoms with van der Waals surface area (Å²) >= 11 is 0. The second-order valence-corrected chi connectivity index (χ2v) is 12.0. The normalized spacial score (nSPS) is 13.1. The van der Waals surface area contributed by atoms with Gasteiger partial charge < -0.3 is 21.4 Å². The van der Waals surface area contributed by atoms with E-state index >= 15 is 0 Å². The summed E-state index contributed by atoms with van der Waals surface area (Å²) in [6.07, 6.45) is 1.74. The summed E-state index contributed by atoms with van der Waals surface area (Å²) in [4.78, 5) is 36.0. The summed E-state index contributed by atoms with van der Waals surface area (Å²) in [6, 6.07) is 32.9. The van der Waals surface area contributed by atoms with Gasteiger partial charge in [-0.05, 0) is 67.0 Å². The molecule has 0 aliphatic rings. The Balaban J connectivity index is 1.52. The van der Waals surface area contributed by atoms with Gasteiger partial charge in [0, 0.05) is 17.7 Å². The summed E-state index contributed by atoms with van der Waals surface area (Å²) in [5.41, 5.74) is 17.8. The minimum Gasteiger partial charge on any atom is -0.388 e. The van der Waals surface area contributed by atoms with Crippen molar-refractivity contribution in [1.29, 1.82) is 0 Å². The third kappa shape index (κ3) is 7.69. The molecule has 0 fully saturated rings. The number of aromatic nitrogens is 2. The molecule has 0 aliphatic carbocycles. The Morgan fingerprint density at radius 1 is 0.870 bits per heavy atom. The van der Waals surface area contributed by atoms with Crippen molar-refractivity contribution in [3.8, 4) is 11.4 Å². The molecule has 1 aromatic heterocycles. The average molecular weight is 615 g/mol. The van der Waals surface area contributed by atoms with E-state index < -0.39 is 11.9 Å². The number of nitrogens with one attached hydrogen (secondary N) is 1. The molecule has 2 unspecified atom stereocenters. The molecule has 5 aromatic rings. The Labute approximate surface area is 270 Å². The monoisotopic (exact) mass is 614 g/mol. The minimum absolute atomic E-state index is 0.203. The topological polar surface area (TPSA) is 128 Å². The second kappa shape index (κ2) is 14.7. The number of amidine groups is 1. The van der Waals surface area contributed by atoms with Crippen LogP contribution in [0, 0.1) is 0 Å². The SMILES string of the molecule is CC(N)=NCCCC(C(N)=O)n1c(-c2ccc(C(C)C)cc2)nc2cc(C(=O)NC(Cc3ccccc3)c3ccccc3)ccc21. The molecular formula is C38H42N6O2. The van der Waals surface area contributed by atoms with Crippen LogP contribution in [0.5, 0.6) is 0 Å². The molecule has 0 radical (unpaired) electrons. The van der Waals surface area contributed by atoms with Crippen LogP contribution in [0.25, 0.3) is 22.4 Å². The maximum atomic E-state index is 13.8. The van der Waals surface area contributed by atoms with Gasteiger partial charge >= 0.3 is 0 Å². The van der Waals surface area contributed by atoms with Crippen molar-refractivity contribution in [3.63, 3.8) is 0 Å². The number of nitrogens with two attached hydrogens (primary N) is 2. The summed E-state index contributed by atoms with van der Waals surface area (Å²) in [5, 5.41) is 3.25. The Morgan fingerprint density at radius 2 is 1.54 bits per heavy atom. The predicted molar refractivity (Wildman–Crippen MR) is 186 cm³/mol.